The molecular weight excluding hydrogens is 224 g/mol. The van der Waals surface area contributed by atoms with Crippen molar-refractivity contribution in [1.82, 2.24) is 9.78 Å². The molecule has 0 amide bonds. The largest absolute Gasteiger partial charge is 0.294 e. The lowest BCUT2D eigenvalue weighted by molar-refractivity contribution is 0.0992. The topological polar surface area (TPSA) is 34.9 Å². The Morgan fingerprint density at radius 2 is 2.11 bits per heavy atom. The SMILES string of the molecule is CCn1cc(CC(=O)c2ccc(C)cc2C)cn1. The molecule has 0 bridgehead atoms. The molecule has 0 fully saturated rings. The van der Waals surface area contributed by atoms with Crippen molar-refractivity contribution < 1.29 is 4.79 Å². The van der Waals surface area contributed by atoms with Crippen molar-refractivity contribution in [3.63, 3.8) is 0 Å². The average Bonchev–Trinajstić information content (AvgIpc) is 2.76. The molecule has 0 N–H and O–H groups in total. The Morgan fingerprint density at radius 1 is 1.33 bits per heavy atom. The zero-order chi connectivity index (χ0) is 13.1. The number of nitrogens with zero attached hydrogens (tertiary/aromatic N) is 2. The van der Waals surface area contributed by atoms with Gasteiger partial charge in [0, 0.05) is 24.7 Å². The summed E-state index contributed by atoms with van der Waals surface area (Å²) in [5, 5.41) is 4.18. The number of aryl methyl sites for hydroxylation is 3. The van der Waals surface area contributed by atoms with E-state index in [1.807, 2.05) is 49.8 Å². The van der Waals surface area contributed by atoms with Gasteiger partial charge in [-0.2, -0.15) is 5.10 Å². The zero-order valence-corrected chi connectivity index (χ0v) is 11.1. The standard InChI is InChI=1S/C15H18N2O/c1-4-17-10-13(9-16-17)8-15(18)14-6-5-11(2)7-12(14)3/h5-7,9-10H,4,8H2,1-3H3. The van der Waals surface area contributed by atoms with Crippen LogP contribution in [0, 0.1) is 13.8 Å². The van der Waals surface area contributed by atoms with E-state index >= 15 is 0 Å². The van der Waals surface area contributed by atoms with E-state index in [0.717, 1.165) is 23.2 Å². The summed E-state index contributed by atoms with van der Waals surface area (Å²) >= 11 is 0. The van der Waals surface area contributed by atoms with E-state index in [4.69, 9.17) is 0 Å². The molecule has 0 radical (unpaired) electrons. The first kappa shape index (κ1) is 12.6. The second kappa shape index (κ2) is 5.17. The van der Waals surface area contributed by atoms with Gasteiger partial charge < -0.3 is 0 Å². The minimum atomic E-state index is 0.156. The van der Waals surface area contributed by atoms with Crippen molar-refractivity contribution in [2.75, 3.05) is 0 Å². The van der Waals surface area contributed by atoms with Crippen LogP contribution in [0.25, 0.3) is 0 Å². The Kier molecular flexibility index (Phi) is 3.60. The molecule has 0 spiro atoms. The van der Waals surface area contributed by atoms with Crippen molar-refractivity contribution >= 4 is 5.78 Å². The van der Waals surface area contributed by atoms with Gasteiger partial charge in [-0.25, -0.2) is 0 Å². The molecule has 0 saturated heterocycles. The van der Waals surface area contributed by atoms with Gasteiger partial charge in [0.05, 0.1) is 6.20 Å². The first-order chi connectivity index (χ1) is 8.60. The predicted molar refractivity (Wildman–Crippen MR) is 71.9 cm³/mol. The lowest BCUT2D eigenvalue weighted by Gasteiger charge is -2.05. The van der Waals surface area contributed by atoms with E-state index < -0.39 is 0 Å². The van der Waals surface area contributed by atoms with Crippen LogP contribution in [-0.4, -0.2) is 15.6 Å². The summed E-state index contributed by atoms with van der Waals surface area (Å²) in [5.74, 6) is 0.156. The fourth-order valence-electron chi connectivity index (χ4n) is 2.08. The maximum Gasteiger partial charge on any atom is 0.167 e. The lowest BCUT2D eigenvalue weighted by atomic mass is 9.99. The summed E-state index contributed by atoms with van der Waals surface area (Å²) in [5.41, 5.74) is 4.01. The van der Waals surface area contributed by atoms with E-state index in [2.05, 4.69) is 5.10 Å². The van der Waals surface area contributed by atoms with E-state index in [1.54, 1.807) is 6.20 Å². The molecule has 1 aromatic carbocycles. The van der Waals surface area contributed by atoms with Crippen LogP contribution in [0.15, 0.2) is 30.6 Å². The highest BCUT2D eigenvalue weighted by molar-refractivity contribution is 5.98. The molecule has 18 heavy (non-hydrogen) atoms. The summed E-state index contributed by atoms with van der Waals surface area (Å²) in [7, 11) is 0. The molecule has 3 heteroatoms. The third-order valence-corrected chi connectivity index (χ3v) is 3.06. The molecule has 1 heterocycles. The quantitative estimate of drug-likeness (QED) is 0.773. The Hall–Kier alpha value is -1.90. The van der Waals surface area contributed by atoms with Crippen LogP contribution in [0.2, 0.25) is 0 Å². The van der Waals surface area contributed by atoms with Crippen LogP contribution >= 0.6 is 0 Å². The minimum Gasteiger partial charge on any atom is -0.294 e. The van der Waals surface area contributed by atoms with Gasteiger partial charge in [0.15, 0.2) is 5.78 Å². The highest BCUT2D eigenvalue weighted by Gasteiger charge is 2.11. The van der Waals surface area contributed by atoms with E-state index in [-0.39, 0.29) is 5.78 Å². The molecule has 0 atom stereocenters. The molecule has 0 saturated carbocycles. The van der Waals surface area contributed by atoms with E-state index in [1.165, 1.54) is 5.56 Å². The Morgan fingerprint density at radius 3 is 2.72 bits per heavy atom. The number of rotatable bonds is 4. The maximum atomic E-state index is 12.2. The zero-order valence-electron chi connectivity index (χ0n) is 11.1. The summed E-state index contributed by atoms with van der Waals surface area (Å²) in [6.45, 7) is 6.88. The normalized spacial score (nSPS) is 10.6. The van der Waals surface area contributed by atoms with Gasteiger partial charge in [0.1, 0.15) is 0 Å². The van der Waals surface area contributed by atoms with E-state index in [0.29, 0.717) is 6.42 Å². The first-order valence-corrected chi connectivity index (χ1v) is 6.22. The molecule has 0 unspecified atom stereocenters. The number of hydrogen-bond donors (Lipinski definition) is 0. The van der Waals surface area contributed by atoms with Gasteiger partial charge in [-0.15, -0.1) is 0 Å². The van der Waals surface area contributed by atoms with Crippen LogP contribution in [0.1, 0.15) is 34.0 Å². The summed E-state index contributed by atoms with van der Waals surface area (Å²) in [4.78, 5) is 12.2. The van der Waals surface area contributed by atoms with Gasteiger partial charge in [-0.1, -0.05) is 23.8 Å². The Bertz CT molecular complexity index is 570. The number of carbonyl (C=O) groups excluding carboxylic acids is 1. The number of carbonyl (C=O) groups is 1. The number of Topliss-reactive ketones (excluding diaryl/α,β-unsaturated/α-hetero) is 1. The van der Waals surface area contributed by atoms with Gasteiger partial charge in [0.2, 0.25) is 0 Å². The average molecular weight is 242 g/mol. The van der Waals surface area contributed by atoms with Crippen molar-refractivity contribution in [1.29, 1.82) is 0 Å². The molecule has 0 aliphatic rings. The Balaban J connectivity index is 2.16. The molecule has 0 aliphatic heterocycles. The number of ketones is 1. The van der Waals surface area contributed by atoms with E-state index in [9.17, 15) is 4.79 Å². The van der Waals surface area contributed by atoms with Gasteiger partial charge in [-0.05, 0) is 31.9 Å². The monoisotopic (exact) mass is 242 g/mol. The van der Waals surface area contributed by atoms with Gasteiger partial charge in [0.25, 0.3) is 0 Å². The van der Waals surface area contributed by atoms with Crippen molar-refractivity contribution in [3.8, 4) is 0 Å². The number of aromatic nitrogens is 2. The van der Waals surface area contributed by atoms with Crippen molar-refractivity contribution in [2.45, 2.75) is 33.7 Å². The minimum absolute atomic E-state index is 0.156. The lowest BCUT2D eigenvalue weighted by Crippen LogP contribution is -2.05. The molecule has 94 valence electrons. The second-order valence-electron chi connectivity index (χ2n) is 4.62. The maximum absolute atomic E-state index is 12.2. The van der Waals surface area contributed by atoms with Crippen LogP contribution in [0.3, 0.4) is 0 Å². The molecule has 2 rings (SSSR count). The van der Waals surface area contributed by atoms with Crippen LogP contribution in [-0.2, 0) is 13.0 Å². The third kappa shape index (κ3) is 2.67. The van der Waals surface area contributed by atoms with Crippen molar-refractivity contribution in [2.24, 2.45) is 0 Å². The predicted octanol–water partition coefficient (Wildman–Crippen LogP) is 2.95. The summed E-state index contributed by atoms with van der Waals surface area (Å²) in [6, 6.07) is 5.94. The third-order valence-electron chi connectivity index (χ3n) is 3.06. The molecule has 0 aliphatic carbocycles. The van der Waals surface area contributed by atoms with Gasteiger partial charge >= 0.3 is 0 Å². The fraction of sp³-hybridized carbons (Fsp3) is 0.333. The number of hydrogen-bond acceptors (Lipinski definition) is 2. The van der Waals surface area contributed by atoms with Crippen LogP contribution in [0.5, 0.6) is 0 Å². The first-order valence-electron chi connectivity index (χ1n) is 6.22. The highest BCUT2D eigenvalue weighted by Crippen LogP contribution is 2.13. The molecular formula is C15H18N2O. The summed E-state index contributed by atoms with van der Waals surface area (Å²) in [6.07, 6.45) is 4.12. The smallest absolute Gasteiger partial charge is 0.167 e. The van der Waals surface area contributed by atoms with Crippen molar-refractivity contribution in [3.05, 3.63) is 52.8 Å². The van der Waals surface area contributed by atoms with Crippen LogP contribution < -0.4 is 0 Å². The summed E-state index contributed by atoms with van der Waals surface area (Å²) < 4.78 is 1.84. The molecule has 2 aromatic rings. The van der Waals surface area contributed by atoms with Crippen LogP contribution in [0.4, 0.5) is 0 Å². The number of benzene rings is 1. The second-order valence-corrected chi connectivity index (χ2v) is 4.62. The fourth-order valence-corrected chi connectivity index (χ4v) is 2.08. The Labute approximate surface area is 107 Å². The molecule has 1 aromatic heterocycles. The molecule has 3 nitrogen and oxygen atoms in total. The highest BCUT2D eigenvalue weighted by atomic mass is 16.1. The van der Waals surface area contributed by atoms with Gasteiger partial charge in [-0.3, -0.25) is 9.48 Å².